The average molecular weight is 298 g/mol. The first-order chi connectivity index (χ1) is 10.3. The molecule has 0 aliphatic carbocycles. The molecule has 0 radical (unpaired) electrons. The predicted molar refractivity (Wildman–Crippen MR) is 82.9 cm³/mol. The normalized spacial score (nSPS) is 11.5. The summed E-state index contributed by atoms with van der Waals surface area (Å²) in [7, 11) is 0. The molecule has 21 heavy (non-hydrogen) atoms. The second-order valence-corrected chi connectivity index (χ2v) is 4.93. The van der Waals surface area contributed by atoms with E-state index in [1.54, 1.807) is 6.07 Å². The maximum atomic E-state index is 10.5. The van der Waals surface area contributed by atoms with E-state index in [2.05, 4.69) is 11.1 Å². The van der Waals surface area contributed by atoms with E-state index in [1.165, 1.54) is 5.56 Å². The summed E-state index contributed by atoms with van der Waals surface area (Å²) >= 11 is 5.76. The van der Waals surface area contributed by atoms with Crippen molar-refractivity contribution in [1.29, 1.82) is 0 Å². The zero-order valence-electron chi connectivity index (χ0n) is 11.1. The number of para-hydroxylation sites is 2. The van der Waals surface area contributed by atoms with Crippen LogP contribution in [0.5, 0.6) is 5.75 Å². The van der Waals surface area contributed by atoms with Crippen LogP contribution >= 0.6 is 11.6 Å². The van der Waals surface area contributed by atoms with Gasteiger partial charge in [-0.1, -0.05) is 48.0 Å². The van der Waals surface area contributed by atoms with Gasteiger partial charge < -0.3 is 4.74 Å². The summed E-state index contributed by atoms with van der Waals surface area (Å²) < 4.78 is 5.08. The highest BCUT2D eigenvalue weighted by Crippen LogP contribution is 2.27. The molecule has 0 saturated heterocycles. The van der Waals surface area contributed by atoms with Crippen molar-refractivity contribution in [2.24, 2.45) is 0 Å². The van der Waals surface area contributed by atoms with Gasteiger partial charge in [0, 0.05) is 10.9 Å². The number of carbonyl (C=O) groups is 1. The summed E-state index contributed by atoms with van der Waals surface area (Å²) in [5.74, 6) is 1.05. The molecule has 2 heterocycles. The van der Waals surface area contributed by atoms with E-state index in [1.807, 2.05) is 42.5 Å². The standard InChI is InChI=1S/C10H6ClNO.C7H6O/c11-10-8(6-13)5-7-3-1-2-4-9(7)12-10;1-2-4-7-6(3-1)5-8-7/h1-6H;1-4H,5H2. The third-order valence-electron chi connectivity index (χ3n) is 3.19. The van der Waals surface area contributed by atoms with Crippen LogP contribution in [0.4, 0.5) is 0 Å². The Hall–Kier alpha value is -2.39. The smallest absolute Gasteiger partial charge is 0.153 e. The molecule has 4 rings (SSSR count). The fraction of sp³-hybridized carbons (Fsp3) is 0.0588. The lowest BCUT2D eigenvalue weighted by Crippen LogP contribution is -2.07. The van der Waals surface area contributed by atoms with Crippen molar-refractivity contribution in [2.75, 3.05) is 0 Å². The third-order valence-corrected chi connectivity index (χ3v) is 3.49. The summed E-state index contributed by atoms with van der Waals surface area (Å²) in [4.78, 5) is 14.6. The first-order valence-corrected chi connectivity index (χ1v) is 6.87. The van der Waals surface area contributed by atoms with Gasteiger partial charge in [0.15, 0.2) is 6.29 Å². The molecule has 0 fully saturated rings. The lowest BCUT2D eigenvalue weighted by Gasteiger charge is -2.18. The average Bonchev–Trinajstić information content (AvgIpc) is 2.48. The Labute approximate surface area is 127 Å². The summed E-state index contributed by atoms with van der Waals surface area (Å²) in [6.45, 7) is 0.802. The maximum Gasteiger partial charge on any atom is 0.153 e. The number of rotatable bonds is 1. The van der Waals surface area contributed by atoms with Gasteiger partial charge in [0.25, 0.3) is 0 Å². The fourth-order valence-electron chi connectivity index (χ4n) is 2.03. The van der Waals surface area contributed by atoms with Crippen LogP contribution in [0, 0.1) is 0 Å². The lowest BCUT2D eigenvalue weighted by molar-refractivity contribution is 0.112. The third kappa shape index (κ3) is 2.88. The van der Waals surface area contributed by atoms with E-state index in [-0.39, 0.29) is 5.15 Å². The maximum absolute atomic E-state index is 10.5. The number of benzene rings is 2. The van der Waals surface area contributed by atoms with Gasteiger partial charge in [0.2, 0.25) is 0 Å². The van der Waals surface area contributed by atoms with E-state index in [4.69, 9.17) is 16.3 Å². The van der Waals surface area contributed by atoms with Crippen molar-refractivity contribution < 1.29 is 9.53 Å². The van der Waals surface area contributed by atoms with Crippen LogP contribution in [-0.2, 0) is 6.61 Å². The summed E-state index contributed by atoms with van der Waals surface area (Å²) in [6.07, 6.45) is 0.710. The molecule has 104 valence electrons. The molecule has 0 unspecified atom stereocenters. The SMILES string of the molecule is O=Cc1cc2ccccc2nc1Cl.c1ccc2c(c1)CO2. The number of aldehydes is 1. The second kappa shape index (κ2) is 5.94. The number of pyridine rings is 1. The molecule has 1 aliphatic rings. The molecule has 0 atom stereocenters. The summed E-state index contributed by atoms with van der Waals surface area (Å²) in [5, 5.41) is 1.18. The minimum atomic E-state index is 0.258. The molecule has 2 aromatic carbocycles. The molecule has 0 bridgehead atoms. The lowest BCUT2D eigenvalue weighted by atomic mass is 10.1. The molecule has 0 spiro atoms. The van der Waals surface area contributed by atoms with E-state index in [0.717, 1.165) is 23.3 Å². The van der Waals surface area contributed by atoms with Gasteiger partial charge >= 0.3 is 0 Å². The Morgan fingerprint density at radius 2 is 1.86 bits per heavy atom. The molecule has 0 N–H and O–H groups in total. The highest BCUT2D eigenvalue weighted by molar-refractivity contribution is 6.32. The van der Waals surface area contributed by atoms with Gasteiger partial charge in [-0.05, 0) is 18.2 Å². The Morgan fingerprint density at radius 3 is 2.48 bits per heavy atom. The van der Waals surface area contributed by atoms with Crippen LogP contribution in [0.1, 0.15) is 15.9 Å². The topological polar surface area (TPSA) is 39.2 Å². The first-order valence-electron chi connectivity index (χ1n) is 6.49. The zero-order chi connectivity index (χ0) is 14.7. The van der Waals surface area contributed by atoms with E-state index in [0.29, 0.717) is 11.8 Å². The van der Waals surface area contributed by atoms with Crippen molar-refractivity contribution in [3.63, 3.8) is 0 Å². The van der Waals surface area contributed by atoms with E-state index >= 15 is 0 Å². The van der Waals surface area contributed by atoms with Gasteiger partial charge in [0.1, 0.15) is 17.5 Å². The Bertz CT molecular complexity index is 779. The number of fused-ring (bicyclic) bond motifs is 2. The van der Waals surface area contributed by atoms with Crippen molar-refractivity contribution in [3.8, 4) is 5.75 Å². The Kier molecular flexibility index (Phi) is 3.84. The largest absolute Gasteiger partial charge is 0.488 e. The fourth-order valence-corrected chi connectivity index (χ4v) is 2.22. The van der Waals surface area contributed by atoms with Crippen molar-refractivity contribution in [3.05, 3.63) is 70.9 Å². The predicted octanol–water partition coefficient (Wildman–Crippen LogP) is 4.28. The van der Waals surface area contributed by atoms with E-state index < -0.39 is 0 Å². The van der Waals surface area contributed by atoms with Crippen LogP contribution in [0.15, 0.2) is 54.6 Å². The van der Waals surface area contributed by atoms with Gasteiger partial charge in [-0.15, -0.1) is 0 Å². The molecule has 1 aromatic heterocycles. The quantitative estimate of drug-likeness (QED) is 0.497. The number of halogens is 1. The first kappa shape index (κ1) is 13.6. The summed E-state index contributed by atoms with van der Waals surface area (Å²) in [5.41, 5.74) is 2.56. The van der Waals surface area contributed by atoms with Crippen molar-refractivity contribution in [1.82, 2.24) is 4.98 Å². The highest BCUT2D eigenvalue weighted by atomic mass is 35.5. The minimum Gasteiger partial charge on any atom is -0.488 e. The minimum absolute atomic E-state index is 0.258. The molecule has 4 heteroatoms. The number of hydrogen-bond donors (Lipinski definition) is 0. The Balaban J connectivity index is 0.000000140. The number of ether oxygens (including phenoxy) is 1. The monoisotopic (exact) mass is 297 g/mol. The van der Waals surface area contributed by atoms with Gasteiger partial charge in [-0.3, -0.25) is 4.79 Å². The van der Waals surface area contributed by atoms with E-state index in [9.17, 15) is 4.79 Å². The molecule has 3 nitrogen and oxygen atoms in total. The van der Waals surface area contributed by atoms with Crippen LogP contribution in [-0.4, -0.2) is 11.3 Å². The summed E-state index contributed by atoms with van der Waals surface area (Å²) in [6, 6.07) is 17.3. The van der Waals surface area contributed by atoms with Crippen molar-refractivity contribution >= 4 is 28.8 Å². The Morgan fingerprint density at radius 1 is 1.10 bits per heavy atom. The van der Waals surface area contributed by atoms with Crippen LogP contribution in [0.2, 0.25) is 5.15 Å². The van der Waals surface area contributed by atoms with Gasteiger partial charge in [-0.2, -0.15) is 0 Å². The highest BCUT2D eigenvalue weighted by Gasteiger charge is 2.10. The van der Waals surface area contributed by atoms with Crippen molar-refractivity contribution in [2.45, 2.75) is 6.61 Å². The van der Waals surface area contributed by atoms with Crippen LogP contribution < -0.4 is 4.74 Å². The van der Waals surface area contributed by atoms with Crippen LogP contribution in [0.3, 0.4) is 0 Å². The van der Waals surface area contributed by atoms with Gasteiger partial charge in [-0.25, -0.2) is 4.98 Å². The number of hydrogen-bond acceptors (Lipinski definition) is 3. The molecule has 0 amide bonds. The molecule has 0 saturated carbocycles. The molecular formula is C17H12ClNO2. The molecule has 1 aliphatic heterocycles. The van der Waals surface area contributed by atoms with Gasteiger partial charge in [0.05, 0.1) is 11.1 Å². The molecular weight excluding hydrogens is 286 g/mol. The number of carbonyl (C=O) groups excluding carboxylic acids is 1. The second-order valence-electron chi connectivity index (χ2n) is 4.58. The molecule has 3 aromatic rings. The number of aromatic nitrogens is 1. The zero-order valence-corrected chi connectivity index (χ0v) is 11.9. The number of nitrogens with zero attached hydrogens (tertiary/aromatic N) is 1. The van der Waals surface area contributed by atoms with Crippen LogP contribution in [0.25, 0.3) is 10.9 Å².